The molecule has 1 aliphatic rings. The van der Waals surface area contributed by atoms with Crippen LogP contribution in [0.1, 0.15) is 6.42 Å². The van der Waals surface area contributed by atoms with Crippen molar-refractivity contribution < 1.29 is 19.0 Å². The molecule has 2 amide bonds. The third-order valence-electron chi connectivity index (χ3n) is 2.24. The maximum absolute atomic E-state index is 13.1. The second-order valence-electron chi connectivity index (χ2n) is 3.52. The van der Waals surface area contributed by atoms with E-state index in [1.54, 1.807) is 0 Å². The lowest BCUT2D eigenvalue weighted by atomic mass is 10.2. The smallest absolute Gasteiger partial charge is 0.300 e. The van der Waals surface area contributed by atoms with Crippen molar-refractivity contribution in [2.24, 2.45) is 0 Å². The molecule has 0 unspecified atom stereocenters. The van der Waals surface area contributed by atoms with Crippen molar-refractivity contribution in [3.05, 3.63) is 27.9 Å². The number of benzene rings is 1. The van der Waals surface area contributed by atoms with Crippen LogP contribution in [0.3, 0.4) is 0 Å². The molecule has 94 valence electrons. The summed E-state index contributed by atoms with van der Waals surface area (Å²) in [7, 11) is 0. The second-order valence-corrected chi connectivity index (χ2v) is 3.92. The Bertz CT molecular complexity index is 557. The standard InChI is InChI=1S/C9H6ClFN4O3/c10-4-1-5(11)6(12)2-7(4)14-9(17)3-8(16)13-15(14)18/h1-2H,3,12H2/p+1. The van der Waals surface area contributed by atoms with Crippen molar-refractivity contribution in [1.82, 2.24) is 5.43 Å². The summed E-state index contributed by atoms with van der Waals surface area (Å²) in [5, 5.41) is 0.395. The topological polar surface area (TPSA) is 95.5 Å². The lowest BCUT2D eigenvalue weighted by molar-refractivity contribution is -0.600. The number of anilines is 2. The van der Waals surface area contributed by atoms with Crippen molar-refractivity contribution in [2.45, 2.75) is 6.42 Å². The molecule has 0 saturated carbocycles. The summed E-state index contributed by atoms with van der Waals surface area (Å²) in [5.74, 6) is -2.30. The Balaban J connectivity index is 2.48. The zero-order valence-electron chi connectivity index (χ0n) is 8.81. The molecule has 1 aliphatic heterocycles. The van der Waals surface area contributed by atoms with Gasteiger partial charge in [-0.1, -0.05) is 17.0 Å². The van der Waals surface area contributed by atoms with Crippen molar-refractivity contribution in [1.29, 1.82) is 0 Å². The van der Waals surface area contributed by atoms with Crippen molar-refractivity contribution >= 4 is 34.8 Å². The molecule has 7 nitrogen and oxygen atoms in total. The van der Waals surface area contributed by atoms with Crippen LogP contribution < -0.4 is 16.2 Å². The summed E-state index contributed by atoms with van der Waals surface area (Å²) in [5.41, 5.74) is 6.83. The Labute approximate surface area is 105 Å². The number of carbonyl (C=O) groups excluding carboxylic acids is 2. The molecule has 1 heterocycles. The fourth-order valence-corrected chi connectivity index (χ4v) is 1.69. The predicted octanol–water partition coefficient (Wildman–Crippen LogP) is 0.523. The Morgan fingerprint density at radius 3 is 2.72 bits per heavy atom. The maximum atomic E-state index is 13.1. The first-order chi connectivity index (χ1) is 8.40. The number of halogens is 2. The molecular weight excluding hydrogens is 267 g/mol. The summed E-state index contributed by atoms with van der Waals surface area (Å²) in [4.78, 5) is 33.9. The second kappa shape index (κ2) is 4.22. The summed E-state index contributed by atoms with van der Waals surface area (Å²) < 4.78 is 13.1. The van der Waals surface area contributed by atoms with Gasteiger partial charge >= 0.3 is 5.91 Å². The van der Waals surface area contributed by atoms with Gasteiger partial charge in [-0.05, 0) is 17.1 Å². The van der Waals surface area contributed by atoms with Crippen molar-refractivity contribution in [3.63, 3.8) is 0 Å². The predicted molar refractivity (Wildman–Crippen MR) is 59.7 cm³/mol. The quantitative estimate of drug-likeness (QED) is 0.443. The highest BCUT2D eigenvalue weighted by Gasteiger charge is 2.41. The molecular formula is C9H7ClFN4O3+. The largest absolute Gasteiger partial charge is 0.396 e. The number of hydrazine groups is 2. The van der Waals surface area contributed by atoms with Crippen LogP contribution in [-0.2, 0) is 9.59 Å². The van der Waals surface area contributed by atoms with Gasteiger partial charge < -0.3 is 5.73 Å². The summed E-state index contributed by atoms with van der Waals surface area (Å²) in [6, 6.07) is 1.92. The fraction of sp³-hybridized carbons (Fsp3) is 0.111. The van der Waals surface area contributed by atoms with E-state index in [4.69, 9.17) is 17.3 Å². The first-order valence-electron chi connectivity index (χ1n) is 4.74. The minimum atomic E-state index is -0.790. The SMILES string of the molecule is Nc1cc(N2C(=O)CC(=O)N[N+]2=O)c(Cl)cc1F. The highest BCUT2D eigenvalue weighted by atomic mass is 35.5. The first kappa shape index (κ1) is 12.2. The number of carbonyl (C=O) groups is 2. The van der Waals surface area contributed by atoms with Gasteiger partial charge in [0.25, 0.3) is 10.9 Å². The number of rotatable bonds is 1. The van der Waals surface area contributed by atoms with Gasteiger partial charge in [-0.15, -0.1) is 0 Å². The molecule has 2 rings (SSSR count). The number of hydrogen-bond donors (Lipinski definition) is 2. The van der Waals surface area contributed by atoms with Crippen LogP contribution in [0.2, 0.25) is 5.02 Å². The number of nitroso groups, excluding NO2 is 1. The summed E-state index contributed by atoms with van der Waals surface area (Å²) >= 11 is 5.73. The number of nitrogen functional groups attached to an aromatic ring is 1. The molecule has 18 heavy (non-hydrogen) atoms. The molecule has 0 spiro atoms. The molecule has 1 fully saturated rings. The molecule has 9 heteroatoms. The van der Waals surface area contributed by atoms with Gasteiger partial charge in [-0.2, -0.15) is 0 Å². The Hall–Kier alpha value is -2.22. The van der Waals surface area contributed by atoms with Gasteiger partial charge in [0.1, 0.15) is 17.9 Å². The lowest BCUT2D eigenvalue weighted by Crippen LogP contribution is -2.54. The molecule has 3 N–H and O–H groups in total. The van der Waals surface area contributed by atoms with Gasteiger partial charge in [-0.25, -0.2) is 4.39 Å². The molecule has 0 atom stereocenters. The monoisotopic (exact) mass is 273 g/mol. The number of amides is 2. The molecule has 1 aromatic carbocycles. The Kier molecular flexibility index (Phi) is 2.87. The van der Waals surface area contributed by atoms with Gasteiger partial charge in [0, 0.05) is 0 Å². The van der Waals surface area contributed by atoms with E-state index in [0.717, 1.165) is 12.1 Å². The van der Waals surface area contributed by atoms with Crippen LogP contribution in [0, 0.1) is 10.7 Å². The first-order valence-corrected chi connectivity index (χ1v) is 5.12. The van der Waals surface area contributed by atoms with Crippen LogP contribution in [0.25, 0.3) is 0 Å². The van der Waals surface area contributed by atoms with Crippen molar-refractivity contribution in [3.8, 4) is 0 Å². The lowest BCUT2D eigenvalue weighted by Gasteiger charge is -2.16. The number of nitrogens with one attached hydrogen (secondary N) is 1. The van der Waals surface area contributed by atoms with E-state index in [1.807, 2.05) is 5.43 Å². The van der Waals surface area contributed by atoms with Gasteiger partial charge in [-0.3, -0.25) is 9.59 Å². The molecule has 0 bridgehead atoms. The van der Waals surface area contributed by atoms with E-state index in [2.05, 4.69) is 0 Å². The molecule has 1 saturated heterocycles. The Morgan fingerprint density at radius 1 is 1.44 bits per heavy atom. The van der Waals surface area contributed by atoms with Crippen LogP contribution in [0.5, 0.6) is 0 Å². The minimum absolute atomic E-state index is 0.0767. The van der Waals surface area contributed by atoms with Crippen LogP contribution in [0.15, 0.2) is 12.1 Å². The van der Waals surface area contributed by atoms with E-state index < -0.39 is 24.1 Å². The van der Waals surface area contributed by atoms with E-state index in [-0.39, 0.29) is 21.4 Å². The van der Waals surface area contributed by atoms with Gasteiger partial charge in [0.15, 0.2) is 0 Å². The maximum Gasteiger partial charge on any atom is 0.300 e. The van der Waals surface area contributed by atoms with E-state index >= 15 is 0 Å². The number of hydrogen-bond acceptors (Lipinski definition) is 4. The zero-order valence-corrected chi connectivity index (χ0v) is 9.57. The number of nitrogens with zero attached hydrogens (tertiary/aromatic N) is 2. The van der Waals surface area contributed by atoms with Crippen LogP contribution in [0.4, 0.5) is 15.8 Å². The van der Waals surface area contributed by atoms with Crippen molar-refractivity contribution in [2.75, 3.05) is 10.7 Å². The Morgan fingerprint density at radius 2 is 2.11 bits per heavy atom. The normalized spacial score (nSPS) is 15.9. The summed E-state index contributed by atoms with van der Waals surface area (Å²) in [6.07, 6.45) is -0.508. The summed E-state index contributed by atoms with van der Waals surface area (Å²) in [6.45, 7) is 0. The molecule has 0 aromatic heterocycles. The fourth-order valence-electron chi connectivity index (χ4n) is 1.46. The van der Waals surface area contributed by atoms with E-state index in [9.17, 15) is 18.9 Å². The molecule has 1 aromatic rings. The van der Waals surface area contributed by atoms with Gasteiger partial charge in [0.05, 0.1) is 15.6 Å². The third kappa shape index (κ3) is 1.97. The average Bonchev–Trinajstić information content (AvgIpc) is 2.24. The van der Waals surface area contributed by atoms with E-state index in [1.165, 1.54) is 0 Å². The third-order valence-corrected chi connectivity index (χ3v) is 2.55. The number of nitrogens with two attached hydrogens (primary N) is 1. The van der Waals surface area contributed by atoms with Crippen LogP contribution >= 0.6 is 11.6 Å². The molecule has 0 radical (unpaired) electrons. The highest BCUT2D eigenvalue weighted by molar-refractivity contribution is 6.34. The van der Waals surface area contributed by atoms with Crippen LogP contribution in [-0.4, -0.2) is 16.8 Å². The van der Waals surface area contributed by atoms with E-state index in [0.29, 0.717) is 5.01 Å². The minimum Gasteiger partial charge on any atom is -0.396 e. The zero-order chi connectivity index (χ0) is 13.4. The van der Waals surface area contributed by atoms with Gasteiger partial charge in [0.2, 0.25) is 0 Å². The molecule has 0 aliphatic carbocycles. The average molecular weight is 274 g/mol. The highest BCUT2D eigenvalue weighted by Crippen LogP contribution is 2.31.